The van der Waals surface area contributed by atoms with Gasteiger partial charge in [-0.3, -0.25) is 9.69 Å². The summed E-state index contributed by atoms with van der Waals surface area (Å²) in [5.74, 6) is 1.86. The van der Waals surface area contributed by atoms with Gasteiger partial charge in [0.05, 0.1) is 12.2 Å². The summed E-state index contributed by atoms with van der Waals surface area (Å²) < 4.78 is 0. The number of para-hydroxylation sites is 1. The van der Waals surface area contributed by atoms with Crippen LogP contribution in [-0.2, 0) is 4.79 Å². The molecule has 22 heavy (non-hydrogen) atoms. The van der Waals surface area contributed by atoms with Crippen molar-refractivity contribution in [3.05, 3.63) is 24.3 Å². The Morgan fingerprint density at radius 3 is 2.68 bits per heavy atom. The van der Waals surface area contributed by atoms with Crippen molar-refractivity contribution in [1.82, 2.24) is 4.90 Å². The van der Waals surface area contributed by atoms with Gasteiger partial charge in [0.1, 0.15) is 0 Å². The smallest absolute Gasteiger partial charge is 0.241 e. The van der Waals surface area contributed by atoms with E-state index >= 15 is 0 Å². The number of nitrogens with two attached hydrogens (primary N) is 1. The number of thioether (sulfide) groups is 1. The fourth-order valence-electron chi connectivity index (χ4n) is 3.09. The van der Waals surface area contributed by atoms with Gasteiger partial charge in [0, 0.05) is 17.2 Å². The van der Waals surface area contributed by atoms with Crippen LogP contribution < -0.4 is 10.6 Å². The molecule has 0 unspecified atom stereocenters. The Kier molecular flexibility index (Phi) is 6.56. The zero-order chi connectivity index (χ0) is 14.7. The van der Waals surface area contributed by atoms with Gasteiger partial charge in [-0.15, -0.1) is 24.2 Å². The van der Waals surface area contributed by atoms with Crippen molar-refractivity contribution in [1.29, 1.82) is 0 Å². The Morgan fingerprint density at radius 1 is 1.23 bits per heavy atom. The molecule has 2 aliphatic rings. The second-order valence-corrected chi connectivity index (χ2v) is 6.95. The Hall–Kier alpha value is -0.750. The molecule has 1 amide bonds. The number of hydrogen-bond acceptors (Lipinski definition) is 4. The summed E-state index contributed by atoms with van der Waals surface area (Å²) in [6.45, 7) is 4.13. The lowest BCUT2D eigenvalue weighted by Crippen LogP contribution is -2.45. The number of fused-ring (bicyclic) bond motifs is 1. The van der Waals surface area contributed by atoms with E-state index in [0.29, 0.717) is 12.5 Å². The lowest BCUT2D eigenvalue weighted by atomic mass is 9.97. The molecule has 1 saturated heterocycles. The van der Waals surface area contributed by atoms with Crippen molar-refractivity contribution in [2.24, 2.45) is 11.7 Å². The minimum absolute atomic E-state index is 0. The number of hydrogen-bond donors (Lipinski definition) is 1. The van der Waals surface area contributed by atoms with Crippen LogP contribution in [0.3, 0.4) is 0 Å². The molecule has 2 N–H and O–H groups in total. The highest BCUT2D eigenvalue weighted by atomic mass is 35.5. The van der Waals surface area contributed by atoms with Crippen LogP contribution >= 0.6 is 24.2 Å². The van der Waals surface area contributed by atoms with E-state index in [1.54, 1.807) is 0 Å². The van der Waals surface area contributed by atoms with Gasteiger partial charge in [0.15, 0.2) is 0 Å². The number of likely N-dealkylation sites (tertiary alicyclic amines) is 1. The van der Waals surface area contributed by atoms with Crippen LogP contribution in [-0.4, -0.2) is 49.3 Å². The van der Waals surface area contributed by atoms with Crippen molar-refractivity contribution in [2.75, 3.05) is 43.4 Å². The zero-order valence-electron chi connectivity index (χ0n) is 12.7. The molecule has 0 aliphatic carbocycles. The van der Waals surface area contributed by atoms with Crippen molar-refractivity contribution in [3.63, 3.8) is 0 Å². The molecule has 0 atom stereocenters. The third-order valence-electron chi connectivity index (χ3n) is 4.43. The van der Waals surface area contributed by atoms with Gasteiger partial charge < -0.3 is 10.6 Å². The molecule has 1 aromatic carbocycles. The molecular formula is C16H24ClN3OS. The second kappa shape index (κ2) is 8.20. The molecule has 6 heteroatoms. The summed E-state index contributed by atoms with van der Waals surface area (Å²) in [7, 11) is 0. The molecular weight excluding hydrogens is 318 g/mol. The lowest BCUT2D eigenvalue weighted by molar-refractivity contribution is -0.120. The Bertz CT molecular complexity index is 506. The average molecular weight is 342 g/mol. The molecule has 4 nitrogen and oxygen atoms in total. The monoisotopic (exact) mass is 341 g/mol. The average Bonchev–Trinajstić information content (AvgIpc) is 2.55. The summed E-state index contributed by atoms with van der Waals surface area (Å²) in [6.07, 6.45) is 2.24. The van der Waals surface area contributed by atoms with E-state index in [0.717, 1.165) is 50.5 Å². The first-order valence-corrected chi connectivity index (χ1v) is 8.71. The molecule has 0 aromatic heterocycles. The number of amides is 1. The van der Waals surface area contributed by atoms with E-state index in [4.69, 9.17) is 5.73 Å². The van der Waals surface area contributed by atoms with Crippen LogP contribution in [0.1, 0.15) is 12.8 Å². The van der Waals surface area contributed by atoms with Crippen LogP contribution in [0.25, 0.3) is 0 Å². The largest absolute Gasteiger partial charge is 0.330 e. The standard InChI is InChI=1S/C16H23N3OS.ClH/c17-11-13-5-7-18(8-6-13)12-16(20)19-9-10-21-15-4-2-1-3-14(15)19;/h1-4,13H,5-12,17H2;1H. The minimum atomic E-state index is 0. The van der Waals surface area contributed by atoms with Crippen molar-refractivity contribution in [2.45, 2.75) is 17.7 Å². The Balaban J connectivity index is 0.00000176. The topological polar surface area (TPSA) is 49.6 Å². The fraction of sp³-hybridized carbons (Fsp3) is 0.562. The van der Waals surface area contributed by atoms with Crippen LogP contribution in [0.2, 0.25) is 0 Å². The Morgan fingerprint density at radius 2 is 1.95 bits per heavy atom. The first kappa shape index (κ1) is 17.6. The second-order valence-electron chi connectivity index (χ2n) is 5.82. The van der Waals surface area contributed by atoms with E-state index in [1.165, 1.54) is 4.90 Å². The molecule has 3 rings (SSSR count). The molecule has 1 aromatic rings. The predicted octanol–water partition coefficient (Wildman–Crippen LogP) is 2.22. The molecule has 0 spiro atoms. The van der Waals surface area contributed by atoms with Gasteiger partial charge in [-0.05, 0) is 50.5 Å². The first-order chi connectivity index (χ1) is 10.3. The van der Waals surface area contributed by atoms with E-state index in [2.05, 4.69) is 17.0 Å². The number of carbonyl (C=O) groups excluding carboxylic acids is 1. The summed E-state index contributed by atoms with van der Waals surface area (Å²) in [4.78, 5) is 18.1. The normalized spacial score (nSPS) is 19.4. The van der Waals surface area contributed by atoms with Gasteiger partial charge >= 0.3 is 0 Å². The number of nitrogens with zero attached hydrogens (tertiary/aromatic N) is 2. The minimum Gasteiger partial charge on any atom is -0.330 e. The van der Waals surface area contributed by atoms with E-state index in [1.807, 2.05) is 28.8 Å². The number of piperidine rings is 1. The van der Waals surface area contributed by atoms with Crippen LogP contribution in [0.4, 0.5) is 5.69 Å². The number of carbonyl (C=O) groups is 1. The highest BCUT2D eigenvalue weighted by Gasteiger charge is 2.26. The molecule has 0 bridgehead atoms. The molecule has 1 fully saturated rings. The highest BCUT2D eigenvalue weighted by molar-refractivity contribution is 7.99. The molecule has 0 saturated carbocycles. The summed E-state index contributed by atoms with van der Waals surface area (Å²) >= 11 is 1.84. The maximum Gasteiger partial charge on any atom is 0.241 e. The molecule has 2 aliphatic heterocycles. The number of halogens is 1. The maximum absolute atomic E-state index is 12.6. The van der Waals surface area contributed by atoms with Crippen LogP contribution in [0.5, 0.6) is 0 Å². The number of anilines is 1. The number of benzene rings is 1. The van der Waals surface area contributed by atoms with Gasteiger partial charge in [-0.2, -0.15) is 0 Å². The lowest BCUT2D eigenvalue weighted by Gasteiger charge is -2.34. The summed E-state index contributed by atoms with van der Waals surface area (Å²) in [5, 5.41) is 0. The third-order valence-corrected chi connectivity index (χ3v) is 5.47. The van der Waals surface area contributed by atoms with Crippen LogP contribution in [0, 0.1) is 5.92 Å². The Labute approximate surface area is 142 Å². The third kappa shape index (κ3) is 3.96. The van der Waals surface area contributed by atoms with Crippen molar-refractivity contribution in [3.8, 4) is 0 Å². The van der Waals surface area contributed by atoms with Crippen molar-refractivity contribution < 1.29 is 4.79 Å². The maximum atomic E-state index is 12.6. The van der Waals surface area contributed by atoms with Crippen molar-refractivity contribution >= 4 is 35.8 Å². The summed E-state index contributed by atoms with van der Waals surface area (Å²) in [5.41, 5.74) is 6.80. The van der Waals surface area contributed by atoms with Crippen LogP contribution in [0.15, 0.2) is 29.2 Å². The van der Waals surface area contributed by atoms with Gasteiger partial charge in [0.2, 0.25) is 5.91 Å². The van der Waals surface area contributed by atoms with Gasteiger partial charge in [0.25, 0.3) is 0 Å². The molecule has 2 heterocycles. The van der Waals surface area contributed by atoms with Gasteiger partial charge in [-0.25, -0.2) is 0 Å². The molecule has 122 valence electrons. The zero-order valence-corrected chi connectivity index (χ0v) is 14.4. The molecule has 0 radical (unpaired) electrons. The first-order valence-electron chi connectivity index (χ1n) is 7.72. The van der Waals surface area contributed by atoms with E-state index in [9.17, 15) is 4.79 Å². The quantitative estimate of drug-likeness (QED) is 0.915. The number of rotatable bonds is 3. The van der Waals surface area contributed by atoms with E-state index < -0.39 is 0 Å². The SMILES string of the molecule is Cl.NCC1CCN(CC(=O)N2CCSc3ccccc32)CC1. The fourth-order valence-corrected chi connectivity index (χ4v) is 4.08. The van der Waals surface area contributed by atoms with Gasteiger partial charge in [-0.1, -0.05) is 12.1 Å². The van der Waals surface area contributed by atoms with E-state index in [-0.39, 0.29) is 18.3 Å². The predicted molar refractivity (Wildman–Crippen MR) is 95.0 cm³/mol. The highest BCUT2D eigenvalue weighted by Crippen LogP contribution is 2.34. The summed E-state index contributed by atoms with van der Waals surface area (Å²) in [6, 6.07) is 8.21.